The van der Waals surface area contributed by atoms with Gasteiger partial charge >= 0.3 is 0 Å². The first-order valence-electron chi connectivity index (χ1n) is 11.2. The Bertz CT molecular complexity index is 728. The number of amides is 1. The molecule has 1 fully saturated rings. The second kappa shape index (κ2) is 15.1. The lowest BCUT2D eigenvalue weighted by Crippen LogP contribution is -2.34. The van der Waals surface area contributed by atoms with Crippen LogP contribution in [0, 0.1) is 0 Å². The molecule has 1 unspecified atom stereocenters. The Labute approximate surface area is 207 Å². The van der Waals surface area contributed by atoms with E-state index in [1.54, 1.807) is 0 Å². The van der Waals surface area contributed by atoms with Crippen molar-refractivity contribution in [3.05, 3.63) is 18.2 Å². The van der Waals surface area contributed by atoms with Crippen LogP contribution in [0.2, 0.25) is 0 Å². The Balaban J connectivity index is 0.00000363. The average molecular weight is 562 g/mol. The molecule has 32 heavy (non-hydrogen) atoms. The normalized spacial score (nSPS) is 17.8. The van der Waals surface area contributed by atoms with Crippen molar-refractivity contribution in [1.29, 1.82) is 0 Å². The first-order valence-corrected chi connectivity index (χ1v) is 11.2. The zero-order valence-corrected chi connectivity index (χ0v) is 21.0. The Hall–Kier alpha value is -1.79. The smallest absolute Gasteiger partial charge is 0.241 e. The van der Waals surface area contributed by atoms with E-state index in [-0.39, 0.29) is 42.5 Å². The molecule has 0 bridgehead atoms. The van der Waals surface area contributed by atoms with Crippen molar-refractivity contribution in [2.75, 3.05) is 58.0 Å². The van der Waals surface area contributed by atoms with Crippen LogP contribution in [0.4, 0.5) is 5.69 Å². The van der Waals surface area contributed by atoms with Gasteiger partial charge in [-0.25, -0.2) is 4.99 Å². The van der Waals surface area contributed by atoms with Crippen LogP contribution in [0.15, 0.2) is 23.2 Å². The van der Waals surface area contributed by atoms with Crippen molar-refractivity contribution in [2.45, 2.75) is 38.7 Å². The fraction of sp³-hybridized carbons (Fsp3) is 0.636. The minimum Gasteiger partial charge on any atom is -0.490 e. The van der Waals surface area contributed by atoms with Crippen molar-refractivity contribution in [3.63, 3.8) is 0 Å². The third-order valence-electron chi connectivity index (χ3n) is 4.85. The topological polar surface area (TPSA) is 102 Å². The molecule has 1 atom stereocenters. The van der Waals surface area contributed by atoms with Crippen LogP contribution in [0.25, 0.3) is 0 Å². The lowest BCUT2D eigenvalue weighted by atomic mass is 10.2. The van der Waals surface area contributed by atoms with Gasteiger partial charge in [-0.1, -0.05) is 0 Å². The number of anilines is 1. The standard InChI is InChI=1S/C22H34N4O5.HI/c1-2-23-21(27)15-25-22(24-9-4-10-28-16-18-6-3-11-29-18)26-17-7-8-19-20(14-17)31-13-5-12-30-19;/h7-8,14,18H,2-6,9-13,15-16H2,1H3,(H,23,27)(H2,24,25,26);1H. The summed E-state index contributed by atoms with van der Waals surface area (Å²) < 4.78 is 22.7. The zero-order chi connectivity index (χ0) is 21.7. The fourth-order valence-corrected chi connectivity index (χ4v) is 3.29. The molecule has 2 aliphatic rings. The largest absolute Gasteiger partial charge is 0.490 e. The molecule has 1 aromatic rings. The Morgan fingerprint density at radius 2 is 2.00 bits per heavy atom. The molecule has 1 amide bonds. The summed E-state index contributed by atoms with van der Waals surface area (Å²) in [6, 6.07) is 5.67. The van der Waals surface area contributed by atoms with Crippen molar-refractivity contribution in [1.82, 2.24) is 10.6 Å². The molecule has 180 valence electrons. The minimum absolute atomic E-state index is 0. The van der Waals surface area contributed by atoms with Crippen LogP contribution in [0.5, 0.6) is 11.5 Å². The van der Waals surface area contributed by atoms with Crippen LogP contribution in [-0.2, 0) is 14.3 Å². The predicted molar refractivity (Wildman–Crippen MR) is 134 cm³/mol. The molecule has 0 aliphatic carbocycles. The van der Waals surface area contributed by atoms with E-state index >= 15 is 0 Å². The molecular weight excluding hydrogens is 527 g/mol. The van der Waals surface area contributed by atoms with Crippen LogP contribution >= 0.6 is 24.0 Å². The first-order chi connectivity index (χ1) is 15.2. The molecule has 1 saturated heterocycles. The number of rotatable bonds is 10. The Morgan fingerprint density at radius 3 is 2.78 bits per heavy atom. The van der Waals surface area contributed by atoms with Crippen LogP contribution in [-0.4, -0.2) is 70.6 Å². The van der Waals surface area contributed by atoms with E-state index in [2.05, 4.69) is 20.9 Å². The summed E-state index contributed by atoms with van der Waals surface area (Å²) in [5, 5.41) is 9.26. The number of carbonyl (C=O) groups is 1. The minimum atomic E-state index is -0.123. The first kappa shape index (κ1) is 26.5. The maximum atomic E-state index is 11.8. The number of nitrogens with zero attached hydrogens (tertiary/aromatic N) is 1. The molecule has 10 heteroatoms. The van der Waals surface area contributed by atoms with Gasteiger partial charge in [0.15, 0.2) is 17.5 Å². The summed E-state index contributed by atoms with van der Waals surface area (Å²) >= 11 is 0. The predicted octanol–water partition coefficient (Wildman–Crippen LogP) is 2.55. The highest BCUT2D eigenvalue weighted by atomic mass is 127. The van der Waals surface area contributed by atoms with Gasteiger partial charge in [-0.15, -0.1) is 24.0 Å². The number of hydrogen-bond donors (Lipinski definition) is 3. The summed E-state index contributed by atoms with van der Waals surface area (Å²) in [6.07, 6.45) is 4.10. The second-order valence-electron chi connectivity index (χ2n) is 7.45. The Morgan fingerprint density at radius 1 is 1.16 bits per heavy atom. The second-order valence-corrected chi connectivity index (χ2v) is 7.45. The molecule has 2 aliphatic heterocycles. The average Bonchev–Trinajstić information content (AvgIpc) is 3.18. The van der Waals surface area contributed by atoms with Gasteiger partial charge in [0.05, 0.1) is 25.9 Å². The molecular formula is C22H35IN4O5. The van der Waals surface area contributed by atoms with Gasteiger partial charge in [-0.05, 0) is 38.3 Å². The van der Waals surface area contributed by atoms with Crippen molar-refractivity contribution in [3.8, 4) is 11.5 Å². The van der Waals surface area contributed by atoms with E-state index in [0.29, 0.717) is 51.2 Å². The summed E-state index contributed by atoms with van der Waals surface area (Å²) in [5.41, 5.74) is 0.807. The zero-order valence-electron chi connectivity index (χ0n) is 18.7. The molecule has 3 N–H and O–H groups in total. The maximum absolute atomic E-state index is 11.8. The lowest BCUT2D eigenvalue weighted by molar-refractivity contribution is -0.119. The van der Waals surface area contributed by atoms with Gasteiger partial charge in [0.1, 0.15) is 6.54 Å². The van der Waals surface area contributed by atoms with Crippen molar-refractivity contribution in [2.24, 2.45) is 4.99 Å². The van der Waals surface area contributed by atoms with Gasteiger partial charge in [-0.2, -0.15) is 0 Å². The fourth-order valence-electron chi connectivity index (χ4n) is 3.29. The molecule has 9 nitrogen and oxygen atoms in total. The number of nitrogens with one attached hydrogen (secondary N) is 3. The van der Waals surface area contributed by atoms with E-state index < -0.39 is 0 Å². The summed E-state index contributed by atoms with van der Waals surface area (Å²) in [5.74, 6) is 1.84. The van der Waals surface area contributed by atoms with Crippen LogP contribution in [0.3, 0.4) is 0 Å². The molecule has 0 spiro atoms. The number of hydrogen-bond acceptors (Lipinski definition) is 6. The van der Waals surface area contributed by atoms with Gasteiger partial charge in [0, 0.05) is 44.5 Å². The van der Waals surface area contributed by atoms with Gasteiger partial charge in [-0.3, -0.25) is 4.79 Å². The summed E-state index contributed by atoms with van der Waals surface area (Å²) in [7, 11) is 0. The van der Waals surface area contributed by atoms with E-state index in [4.69, 9.17) is 18.9 Å². The highest BCUT2D eigenvalue weighted by Crippen LogP contribution is 2.32. The van der Waals surface area contributed by atoms with Gasteiger partial charge in [0.2, 0.25) is 5.91 Å². The monoisotopic (exact) mass is 562 g/mol. The van der Waals surface area contributed by atoms with Crippen molar-refractivity contribution >= 4 is 41.5 Å². The summed E-state index contributed by atoms with van der Waals surface area (Å²) in [6.45, 7) is 6.57. The number of guanidine groups is 1. The van der Waals surface area contributed by atoms with E-state index in [0.717, 1.165) is 43.7 Å². The molecule has 0 saturated carbocycles. The van der Waals surface area contributed by atoms with Crippen molar-refractivity contribution < 1.29 is 23.7 Å². The van der Waals surface area contributed by atoms with E-state index in [1.165, 1.54) is 0 Å². The van der Waals surface area contributed by atoms with Crippen LogP contribution in [0.1, 0.15) is 32.6 Å². The number of carbonyl (C=O) groups excluding carboxylic acids is 1. The SMILES string of the molecule is CCNC(=O)CN=C(NCCCOCC1CCCO1)Nc1ccc2c(c1)OCCCO2.I. The van der Waals surface area contributed by atoms with E-state index in [9.17, 15) is 4.79 Å². The number of likely N-dealkylation sites (N-methyl/N-ethyl adjacent to an activating group) is 1. The van der Waals surface area contributed by atoms with Gasteiger partial charge < -0.3 is 34.9 Å². The molecule has 3 rings (SSSR count). The Kier molecular flexibility index (Phi) is 12.5. The number of aliphatic imine (C=N–C) groups is 1. The molecule has 1 aromatic carbocycles. The summed E-state index contributed by atoms with van der Waals surface area (Å²) in [4.78, 5) is 16.2. The molecule has 0 aromatic heterocycles. The number of fused-ring (bicyclic) bond motifs is 1. The quantitative estimate of drug-likeness (QED) is 0.174. The molecule has 0 radical (unpaired) electrons. The highest BCUT2D eigenvalue weighted by Gasteiger charge is 2.15. The van der Waals surface area contributed by atoms with E-state index in [1.807, 2.05) is 25.1 Å². The maximum Gasteiger partial charge on any atom is 0.241 e. The number of halogens is 1. The number of ether oxygens (including phenoxy) is 4. The lowest BCUT2D eigenvalue weighted by Gasteiger charge is -2.15. The van der Waals surface area contributed by atoms with Crippen LogP contribution < -0.4 is 25.4 Å². The number of benzene rings is 1. The third-order valence-corrected chi connectivity index (χ3v) is 4.85. The highest BCUT2D eigenvalue weighted by molar-refractivity contribution is 14.0. The molecule has 2 heterocycles. The van der Waals surface area contributed by atoms with Gasteiger partial charge in [0.25, 0.3) is 0 Å². The third kappa shape index (κ3) is 9.37.